The number of hydrogen-bond acceptors (Lipinski definition) is 3. The molecule has 0 saturated heterocycles. The molecule has 0 aliphatic heterocycles. The molecule has 0 saturated carbocycles. The van der Waals surface area contributed by atoms with Gasteiger partial charge in [0, 0.05) is 6.61 Å². The third-order valence-electron chi connectivity index (χ3n) is 8.31. The van der Waals surface area contributed by atoms with Gasteiger partial charge in [0.15, 0.2) is 0 Å². The van der Waals surface area contributed by atoms with E-state index in [1.165, 1.54) is 180 Å². The molecule has 242 valence electrons. The van der Waals surface area contributed by atoms with Crippen LogP contribution in [0.25, 0.3) is 0 Å². The molecular formula is C34H71O5P. The van der Waals surface area contributed by atoms with E-state index in [1.54, 1.807) is 0 Å². The lowest BCUT2D eigenvalue weighted by atomic mass is 10.0. The Morgan fingerprint density at radius 2 is 0.500 bits per heavy atom. The van der Waals surface area contributed by atoms with Crippen LogP contribution in [0.1, 0.15) is 205 Å². The van der Waals surface area contributed by atoms with Gasteiger partial charge >= 0.3 is 7.82 Å². The smallest absolute Gasteiger partial charge is 0.396 e. The molecule has 5 nitrogen and oxygen atoms in total. The van der Waals surface area contributed by atoms with Gasteiger partial charge in [0.05, 0.1) is 6.61 Å². The Balaban J connectivity index is 3.04. The zero-order valence-electron chi connectivity index (χ0n) is 26.6. The van der Waals surface area contributed by atoms with Crippen LogP contribution in [-0.2, 0) is 9.09 Å². The molecule has 0 aromatic carbocycles. The zero-order chi connectivity index (χ0) is 29.2. The van der Waals surface area contributed by atoms with Gasteiger partial charge in [-0.3, -0.25) is 4.52 Å². The molecule has 3 N–H and O–H groups in total. The molecule has 0 bridgehead atoms. The third-order valence-corrected chi connectivity index (χ3v) is 8.83. The number of hydrogen-bond donors (Lipinski definition) is 3. The average Bonchev–Trinajstić information content (AvgIpc) is 2.92. The molecule has 0 unspecified atom stereocenters. The van der Waals surface area contributed by atoms with Crippen LogP contribution in [0.5, 0.6) is 0 Å². The predicted octanol–water partition coefficient (Wildman–Crippen LogP) is 11.6. The maximum absolute atomic E-state index is 10.6. The van der Waals surface area contributed by atoms with Crippen LogP contribution < -0.4 is 0 Å². The fourth-order valence-corrected chi connectivity index (χ4v) is 6.07. The molecule has 0 fully saturated rings. The Morgan fingerprint density at radius 3 is 0.675 bits per heavy atom. The Bertz CT molecular complexity index is 511. The number of phosphoric acid groups is 1. The van der Waals surface area contributed by atoms with Gasteiger partial charge in [-0.2, -0.15) is 0 Å². The largest absolute Gasteiger partial charge is 0.469 e. The second-order valence-corrected chi connectivity index (χ2v) is 13.6. The molecule has 0 aliphatic carbocycles. The van der Waals surface area contributed by atoms with Crippen LogP contribution in [0.3, 0.4) is 0 Å². The van der Waals surface area contributed by atoms with E-state index in [2.05, 4.69) is 4.52 Å². The van der Waals surface area contributed by atoms with Crippen molar-refractivity contribution in [1.82, 2.24) is 0 Å². The second kappa shape index (κ2) is 33.6. The van der Waals surface area contributed by atoms with Gasteiger partial charge in [-0.05, 0) is 12.8 Å². The van der Waals surface area contributed by atoms with Crippen LogP contribution in [0, 0.1) is 0 Å². The molecule has 0 amide bonds. The molecular weight excluding hydrogens is 519 g/mol. The summed E-state index contributed by atoms with van der Waals surface area (Å²) in [7, 11) is -4.27. The number of aliphatic hydroxyl groups excluding tert-OH is 1. The number of unbranched alkanes of at least 4 members (excludes halogenated alkanes) is 31. The van der Waals surface area contributed by atoms with E-state index in [0.717, 1.165) is 25.7 Å². The number of rotatable bonds is 35. The number of phosphoric ester groups is 1. The van der Waals surface area contributed by atoms with Crippen molar-refractivity contribution in [2.45, 2.75) is 205 Å². The van der Waals surface area contributed by atoms with Crippen molar-refractivity contribution in [1.29, 1.82) is 0 Å². The van der Waals surface area contributed by atoms with Crippen LogP contribution in [0.2, 0.25) is 0 Å². The van der Waals surface area contributed by atoms with Crippen molar-refractivity contribution >= 4 is 7.82 Å². The summed E-state index contributed by atoms with van der Waals surface area (Å²) in [6, 6.07) is 0. The van der Waals surface area contributed by atoms with Gasteiger partial charge in [0.2, 0.25) is 0 Å². The van der Waals surface area contributed by atoms with Crippen LogP contribution in [0.15, 0.2) is 0 Å². The van der Waals surface area contributed by atoms with Gasteiger partial charge in [-0.1, -0.05) is 193 Å². The van der Waals surface area contributed by atoms with Crippen molar-refractivity contribution in [3.8, 4) is 0 Å². The molecule has 0 spiro atoms. The summed E-state index contributed by atoms with van der Waals surface area (Å²) < 4.78 is 15.0. The minimum Gasteiger partial charge on any atom is -0.396 e. The summed E-state index contributed by atoms with van der Waals surface area (Å²) in [5.74, 6) is 0. The molecule has 0 heterocycles. The molecule has 0 atom stereocenters. The standard InChI is InChI=1S/C34H71O5P/c35-33-31-29-27-25-23-21-19-17-15-13-11-9-7-5-3-1-2-4-6-8-10-12-14-16-18-20-22-24-26-28-30-32-34-39-40(36,37)38/h35H,1-34H2,(H2,36,37,38). The van der Waals surface area contributed by atoms with Gasteiger partial charge in [-0.25, -0.2) is 4.57 Å². The van der Waals surface area contributed by atoms with E-state index in [0.29, 0.717) is 6.61 Å². The van der Waals surface area contributed by atoms with Gasteiger partial charge in [-0.15, -0.1) is 0 Å². The first-order chi connectivity index (χ1) is 19.6. The quantitative estimate of drug-likeness (QED) is 0.0505. The fourth-order valence-electron chi connectivity index (χ4n) is 5.70. The Morgan fingerprint density at radius 1 is 0.325 bits per heavy atom. The third kappa shape index (κ3) is 38.1. The summed E-state index contributed by atoms with van der Waals surface area (Å²) in [5, 5.41) is 8.78. The lowest BCUT2D eigenvalue weighted by Crippen LogP contribution is -1.92. The summed E-state index contributed by atoms with van der Waals surface area (Å²) in [6.07, 6.45) is 43.0. The van der Waals surface area contributed by atoms with E-state index in [4.69, 9.17) is 14.9 Å². The molecule has 0 rings (SSSR count). The summed E-state index contributed by atoms with van der Waals surface area (Å²) in [5.41, 5.74) is 0. The first-order valence-electron chi connectivity index (χ1n) is 17.9. The number of aliphatic hydroxyl groups is 1. The highest BCUT2D eigenvalue weighted by atomic mass is 31.2. The lowest BCUT2D eigenvalue weighted by Gasteiger charge is -2.05. The molecule has 0 radical (unpaired) electrons. The van der Waals surface area contributed by atoms with Crippen LogP contribution in [0.4, 0.5) is 0 Å². The topological polar surface area (TPSA) is 87.0 Å². The summed E-state index contributed by atoms with van der Waals surface area (Å²) in [6.45, 7) is 0.531. The van der Waals surface area contributed by atoms with Crippen LogP contribution in [-0.4, -0.2) is 28.1 Å². The minimum atomic E-state index is -4.27. The van der Waals surface area contributed by atoms with E-state index in [-0.39, 0.29) is 6.61 Å². The normalized spacial score (nSPS) is 12.0. The summed E-state index contributed by atoms with van der Waals surface area (Å²) >= 11 is 0. The van der Waals surface area contributed by atoms with Crippen LogP contribution >= 0.6 is 7.82 Å². The van der Waals surface area contributed by atoms with Crippen molar-refractivity contribution in [3.05, 3.63) is 0 Å². The SMILES string of the molecule is O=P(O)(O)OCCCCCCCCCCCCCCCCCCCCCCCCCCCCCCCCCCO. The zero-order valence-corrected chi connectivity index (χ0v) is 27.5. The molecule has 6 heteroatoms. The van der Waals surface area contributed by atoms with Gasteiger partial charge in [0.1, 0.15) is 0 Å². The van der Waals surface area contributed by atoms with Crippen molar-refractivity contribution in [3.63, 3.8) is 0 Å². The Hall–Kier alpha value is 0.0700. The highest BCUT2D eigenvalue weighted by Crippen LogP contribution is 2.35. The maximum atomic E-state index is 10.6. The fraction of sp³-hybridized carbons (Fsp3) is 1.00. The summed E-state index contributed by atoms with van der Waals surface area (Å²) in [4.78, 5) is 17.2. The second-order valence-electron chi connectivity index (χ2n) is 12.4. The Labute approximate surface area is 250 Å². The van der Waals surface area contributed by atoms with Crippen molar-refractivity contribution in [2.75, 3.05) is 13.2 Å². The minimum absolute atomic E-state index is 0.167. The molecule has 40 heavy (non-hydrogen) atoms. The monoisotopic (exact) mass is 591 g/mol. The molecule has 0 aliphatic rings. The van der Waals surface area contributed by atoms with Gasteiger partial charge in [0.25, 0.3) is 0 Å². The highest BCUT2D eigenvalue weighted by Gasteiger charge is 2.12. The van der Waals surface area contributed by atoms with Crippen molar-refractivity contribution < 1.29 is 24.0 Å². The lowest BCUT2D eigenvalue weighted by molar-refractivity contribution is 0.193. The predicted molar refractivity (Wildman–Crippen MR) is 173 cm³/mol. The molecule has 0 aromatic heterocycles. The Kier molecular flexibility index (Phi) is 33.6. The van der Waals surface area contributed by atoms with Crippen molar-refractivity contribution in [2.24, 2.45) is 0 Å². The first-order valence-corrected chi connectivity index (χ1v) is 19.4. The van der Waals surface area contributed by atoms with E-state index < -0.39 is 7.82 Å². The van der Waals surface area contributed by atoms with Gasteiger partial charge < -0.3 is 14.9 Å². The molecule has 0 aromatic rings. The van der Waals surface area contributed by atoms with E-state index in [9.17, 15) is 4.57 Å². The van der Waals surface area contributed by atoms with E-state index in [1.807, 2.05) is 0 Å². The first kappa shape index (κ1) is 40.1. The maximum Gasteiger partial charge on any atom is 0.469 e. The van der Waals surface area contributed by atoms with E-state index >= 15 is 0 Å². The highest BCUT2D eigenvalue weighted by molar-refractivity contribution is 7.46. The average molecular weight is 591 g/mol.